The number of para-hydroxylation sites is 1. The lowest BCUT2D eigenvalue weighted by Crippen LogP contribution is -2.02. The summed E-state index contributed by atoms with van der Waals surface area (Å²) in [7, 11) is 0. The maximum absolute atomic E-state index is 5.94. The summed E-state index contributed by atoms with van der Waals surface area (Å²) in [5.41, 5.74) is 11.1. The van der Waals surface area contributed by atoms with Gasteiger partial charge in [0, 0.05) is 28.9 Å². The Hall–Kier alpha value is -2.33. The number of nitrogens with one attached hydrogen (secondary N) is 1. The zero-order chi connectivity index (χ0) is 14.7. The SMILES string of the molecule is Cc1nc(-c2ccc(NCc3ccccc3N)cc2)cs1. The number of thiazole rings is 1. The molecule has 0 fully saturated rings. The minimum absolute atomic E-state index is 0.724. The van der Waals surface area contributed by atoms with Crippen LogP contribution in [-0.2, 0) is 6.54 Å². The van der Waals surface area contributed by atoms with Gasteiger partial charge in [0.25, 0.3) is 0 Å². The Labute approximate surface area is 128 Å². The number of benzene rings is 2. The molecule has 0 aliphatic heterocycles. The fraction of sp³-hybridized carbons (Fsp3) is 0.118. The maximum Gasteiger partial charge on any atom is 0.0901 e. The minimum Gasteiger partial charge on any atom is -0.398 e. The van der Waals surface area contributed by atoms with Crippen LogP contribution in [-0.4, -0.2) is 4.98 Å². The Balaban J connectivity index is 1.69. The van der Waals surface area contributed by atoms with Crippen molar-refractivity contribution >= 4 is 22.7 Å². The van der Waals surface area contributed by atoms with E-state index in [2.05, 4.69) is 39.9 Å². The van der Waals surface area contributed by atoms with E-state index in [9.17, 15) is 0 Å². The number of aryl methyl sites for hydroxylation is 1. The number of nitrogen functional groups attached to an aromatic ring is 1. The highest BCUT2D eigenvalue weighted by Gasteiger charge is 2.02. The molecule has 21 heavy (non-hydrogen) atoms. The number of hydrogen-bond acceptors (Lipinski definition) is 4. The number of rotatable bonds is 4. The van der Waals surface area contributed by atoms with Crippen LogP contribution in [0.2, 0.25) is 0 Å². The Morgan fingerprint density at radius 3 is 2.52 bits per heavy atom. The van der Waals surface area contributed by atoms with E-state index in [1.54, 1.807) is 11.3 Å². The summed E-state index contributed by atoms with van der Waals surface area (Å²) in [4.78, 5) is 4.50. The Kier molecular flexibility index (Phi) is 3.88. The lowest BCUT2D eigenvalue weighted by atomic mass is 10.1. The Bertz CT molecular complexity index is 732. The van der Waals surface area contributed by atoms with Gasteiger partial charge in [-0.2, -0.15) is 0 Å². The van der Waals surface area contributed by atoms with Crippen LogP contribution in [0.4, 0.5) is 11.4 Å². The molecule has 0 amide bonds. The van der Waals surface area contributed by atoms with Crippen molar-refractivity contribution in [2.45, 2.75) is 13.5 Å². The van der Waals surface area contributed by atoms with Gasteiger partial charge in [-0.05, 0) is 30.7 Å². The van der Waals surface area contributed by atoms with Gasteiger partial charge in [-0.1, -0.05) is 30.3 Å². The quantitative estimate of drug-likeness (QED) is 0.705. The summed E-state index contributed by atoms with van der Waals surface area (Å²) in [5, 5.41) is 6.56. The molecule has 0 bridgehead atoms. The molecule has 0 saturated heterocycles. The standard InChI is InChI=1S/C17H17N3S/c1-12-20-17(11-21-12)13-6-8-15(9-7-13)19-10-14-4-2-3-5-16(14)18/h2-9,11,19H,10,18H2,1H3. The van der Waals surface area contributed by atoms with Crippen molar-refractivity contribution in [3.63, 3.8) is 0 Å². The summed E-state index contributed by atoms with van der Waals surface area (Å²) in [6.07, 6.45) is 0. The van der Waals surface area contributed by atoms with Crippen molar-refractivity contribution in [3.05, 3.63) is 64.5 Å². The first-order valence-electron chi connectivity index (χ1n) is 6.82. The lowest BCUT2D eigenvalue weighted by molar-refractivity contribution is 1.15. The molecule has 106 valence electrons. The summed E-state index contributed by atoms with van der Waals surface area (Å²) in [6, 6.07) is 16.2. The molecule has 3 aromatic rings. The van der Waals surface area contributed by atoms with Crippen LogP contribution >= 0.6 is 11.3 Å². The molecule has 1 aromatic heterocycles. The van der Waals surface area contributed by atoms with Gasteiger partial charge in [0.1, 0.15) is 0 Å². The third kappa shape index (κ3) is 3.23. The monoisotopic (exact) mass is 295 g/mol. The number of nitrogens with two attached hydrogens (primary N) is 1. The second-order valence-corrected chi connectivity index (χ2v) is 5.94. The molecule has 0 saturated carbocycles. The van der Waals surface area contributed by atoms with Gasteiger partial charge < -0.3 is 11.1 Å². The molecule has 3 rings (SSSR count). The van der Waals surface area contributed by atoms with Crippen LogP contribution in [0.25, 0.3) is 11.3 Å². The molecule has 0 aliphatic rings. The third-order valence-electron chi connectivity index (χ3n) is 3.34. The fourth-order valence-corrected chi connectivity index (χ4v) is 2.77. The lowest BCUT2D eigenvalue weighted by Gasteiger charge is -2.09. The van der Waals surface area contributed by atoms with E-state index in [1.165, 1.54) is 0 Å². The average molecular weight is 295 g/mol. The number of nitrogens with zero attached hydrogens (tertiary/aromatic N) is 1. The van der Waals surface area contributed by atoms with E-state index in [0.717, 1.165) is 39.7 Å². The zero-order valence-electron chi connectivity index (χ0n) is 11.8. The summed E-state index contributed by atoms with van der Waals surface area (Å²) < 4.78 is 0. The summed E-state index contributed by atoms with van der Waals surface area (Å²) in [6.45, 7) is 2.75. The van der Waals surface area contributed by atoms with Crippen molar-refractivity contribution < 1.29 is 0 Å². The van der Waals surface area contributed by atoms with Crippen LogP contribution in [0.1, 0.15) is 10.6 Å². The van der Waals surface area contributed by atoms with Crippen molar-refractivity contribution in [1.82, 2.24) is 4.98 Å². The van der Waals surface area contributed by atoms with Gasteiger partial charge >= 0.3 is 0 Å². The number of anilines is 2. The smallest absolute Gasteiger partial charge is 0.0901 e. The second kappa shape index (κ2) is 5.97. The van der Waals surface area contributed by atoms with E-state index in [-0.39, 0.29) is 0 Å². The molecule has 0 atom stereocenters. The highest BCUT2D eigenvalue weighted by atomic mass is 32.1. The summed E-state index contributed by atoms with van der Waals surface area (Å²) in [5.74, 6) is 0. The molecule has 3 nitrogen and oxygen atoms in total. The van der Waals surface area contributed by atoms with Crippen LogP contribution in [0, 0.1) is 6.92 Å². The fourth-order valence-electron chi connectivity index (χ4n) is 2.15. The molecule has 2 aromatic carbocycles. The molecular weight excluding hydrogens is 278 g/mol. The third-order valence-corrected chi connectivity index (χ3v) is 4.11. The van der Waals surface area contributed by atoms with Gasteiger partial charge in [-0.25, -0.2) is 4.98 Å². The van der Waals surface area contributed by atoms with Gasteiger partial charge in [-0.15, -0.1) is 11.3 Å². The predicted molar refractivity (Wildman–Crippen MR) is 90.5 cm³/mol. The first-order chi connectivity index (χ1) is 10.2. The highest BCUT2D eigenvalue weighted by Crippen LogP contribution is 2.23. The molecular formula is C17H17N3S. The number of hydrogen-bond donors (Lipinski definition) is 2. The number of aromatic nitrogens is 1. The summed E-state index contributed by atoms with van der Waals surface area (Å²) >= 11 is 1.67. The van der Waals surface area contributed by atoms with E-state index in [0.29, 0.717) is 0 Å². The topological polar surface area (TPSA) is 50.9 Å². The predicted octanol–water partition coefficient (Wildman–Crippen LogP) is 4.31. The first kappa shape index (κ1) is 13.6. The molecule has 0 aliphatic carbocycles. The van der Waals surface area contributed by atoms with Gasteiger partial charge in [-0.3, -0.25) is 0 Å². The molecule has 1 heterocycles. The highest BCUT2D eigenvalue weighted by molar-refractivity contribution is 7.09. The maximum atomic E-state index is 5.94. The largest absolute Gasteiger partial charge is 0.398 e. The normalized spacial score (nSPS) is 10.5. The van der Waals surface area contributed by atoms with Crippen molar-refractivity contribution in [3.8, 4) is 11.3 Å². The molecule has 0 unspecified atom stereocenters. The van der Waals surface area contributed by atoms with Gasteiger partial charge in [0.2, 0.25) is 0 Å². The van der Waals surface area contributed by atoms with Crippen molar-refractivity contribution in [2.24, 2.45) is 0 Å². The minimum atomic E-state index is 0.724. The first-order valence-corrected chi connectivity index (χ1v) is 7.70. The van der Waals surface area contributed by atoms with Crippen LogP contribution in [0.5, 0.6) is 0 Å². The van der Waals surface area contributed by atoms with Crippen molar-refractivity contribution in [2.75, 3.05) is 11.1 Å². The molecule has 0 spiro atoms. The second-order valence-electron chi connectivity index (χ2n) is 4.88. The Morgan fingerprint density at radius 2 is 1.86 bits per heavy atom. The zero-order valence-corrected chi connectivity index (χ0v) is 12.7. The van der Waals surface area contributed by atoms with Gasteiger partial charge in [0.15, 0.2) is 0 Å². The van der Waals surface area contributed by atoms with Gasteiger partial charge in [0.05, 0.1) is 10.7 Å². The van der Waals surface area contributed by atoms with E-state index in [1.807, 2.05) is 31.2 Å². The average Bonchev–Trinajstić information content (AvgIpc) is 2.94. The molecule has 0 radical (unpaired) electrons. The van der Waals surface area contributed by atoms with Crippen LogP contribution in [0.3, 0.4) is 0 Å². The van der Waals surface area contributed by atoms with E-state index in [4.69, 9.17) is 5.73 Å². The van der Waals surface area contributed by atoms with Crippen molar-refractivity contribution in [1.29, 1.82) is 0 Å². The van der Waals surface area contributed by atoms with Crippen LogP contribution in [0.15, 0.2) is 53.9 Å². The van der Waals surface area contributed by atoms with Crippen LogP contribution < -0.4 is 11.1 Å². The Morgan fingerprint density at radius 1 is 1.10 bits per heavy atom. The van der Waals surface area contributed by atoms with E-state index >= 15 is 0 Å². The van der Waals surface area contributed by atoms with E-state index < -0.39 is 0 Å². The molecule has 4 heteroatoms. The molecule has 3 N–H and O–H groups in total.